The van der Waals surface area contributed by atoms with Gasteiger partial charge in [0.25, 0.3) is 0 Å². The topological polar surface area (TPSA) is 51.1 Å². The Morgan fingerprint density at radius 3 is 2.54 bits per heavy atom. The molecule has 0 N–H and O–H groups in total. The van der Waals surface area contributed by atoms with Crippen molar-refractivity contribution in [1.82, 2.24) is 4.90 Å². The van der Waals surface area contributed by atoms with Crippen molar-refractivity contribution in [3.8, 4) is 0 Å². The maximum Gasteiger partial charge on any atom is 0.419 e. The van der Waals surface area contributed by atoms with Crippen molar-refractivity contribution in [2.75, 3.05) is 7.11 Å². The number of carbonyl (C=O) groups is 1. The molecule has 0 bridgehead atoms. The Kier molecular flexibility index (Phi) is 6.03. The Labute approximate surface area is 161 Å². The molecule has 1 atom stereocenters. The maximum absolute atomic E-state index is 13.8. The van der Waals surface area contributed by atoms with E-state index < -0.39 is 23.8 Å². The van der Waals surface area contributed by atoms with Crippen LogP contribution in [0.25, 0.3) is 0 Å². The lowest BCUT2D eigenvalue weighted by Gasteiger charge is -2.32. The zero-order valence-corrected chi connectivity index (χ0v) is 15.6. The van der Waals surface area contributed by atoms with E-state index in [9.17, 15) is 13.6 Å². The standard InChI is InChI=1S/C21H20F2N2O3/c1-3-16-12-19(15-9-10-17(22)18(23)11-15)25(20(24-16)27-2)21(26)28-13-14-7-5-4-6-8-14/h4-12,19H,3,13H2,1-2H3. The number of nitrogens with zero attached hydrogens (tertiary/aromatic N) is 2. The van der Waals surface area contributed by atoms with Gasteiger partial charge >= 0.3 is 12.1 Å². The molecule has 3 rings (SSSR count). The molecule has 0 radical (unpaired) electrons. The first-order chi connectivity index (χ1) is 13.5. The van der Waals surface area contributed by atoms with Crippen LogP contribution in [0.2, 0.25) is 0 Å². The van der Waals surface area contributed by atoms with E-state index in [1.165, 1.54) is 18.1 Å². The molecule has 0 spiro atoms. The van der Waals surface area contributed by atoms with Gasteiger partial charge in [-0.1, -0.05) is 43.3 Å². The number of methoxy groups -OCH3 is 1. The summed E-state index contributed by atoms with van der Waals surface area (Å²) in [7, 11) is 1.39. The van der Waals surface area contributed by atoms with Crippen LogP contribution in [0.1, 0.15) is 30.5 Å². The molecule has 0 saturated heterocycles. The van der Waals surface area contributed by atoms with Crippen LogP contribution in [0.4, 0.5) is 13.6 Å². The van der Waals surface area contributed by atoms with Crippen molar-refractivity contribution >= 4 is 12.1 Å². The highest BCUT2D eigenvalue weighted by atomic mass is 19.2. The quantitative estimate of drug-likeness (QED) is 0.747. The van der Waals surface area contributed by atoms with Gasteiger partial charge in [-0.3, -0.25) is 0 Å². The lowest BCUT2D eigenvalue weighted by Crippen LogP contribution is -2.42. The number of halogens is 2. The Balaban J connectivity index is 1.91. The number of ether oxygens (including phenoxy) is 2. The molecule has 2 aromatic carbocycles. The predicted octanol–water partition coefficient (Wildman–Crippen LogP) is 4.95. The molecule has 7 heteroatoms. The van der Waals surface area contributed by atoms with E-state index in [-0.39, 0.29) is 12.6 Å². The summed E-state index contributed by atoms with van der Waals surface area (Å²) in [5.41, 5.74) is 1.86. The first-order valence-corrected chi connectivity index (χ1v) is 8.81. The molecule has 146 valence electrons. The van der Waals surface area contributed by atoms with Crippen molar-refractivity contribution in [3.05, 3.63) is 83.1 Å². The number of rotatable bonds is 4. The van der Waals surface area contributed by atoms with Crippen molar-refractivity contribution in [3.63, 3.8) is 0 Å². The van der Waals surface area contributed by atoms with Crippen LogP contribution in [0.15, 0.2) is 65.3 Å². The molecule has 28 heavy (non-hydrogen) atoms. The first-order valence-electron chi connectivity index (χ1n) is 8.81. The summed E-state index contributed by atoms with van der Waals surface area (Å²) < 4.78 is 37.9. The van der Waals surface area contributed by atoms with Gasteiger partial charge in [0.1, 0.15) is 6.61 Å². The summed E-state index contributed by atoms with van der Waals surface area (Å²) in [6.07, 6.45) is 1.59. The summed E-state index contributed by atoms with van der Waals surface area (Å²) in [4.78, 5) is 18.3. The SMILES string of the molecule is CCC1=CC(c2ccc(F)c(F)c2)N(C(=O)OCc2ccccc2)C(OC)=N1. The molecular weight excluding hydrogens is 366 g/mol. The number of benzene rings is 2. The predicted molar refractivity (Wildman–Crippen MR) is 100 cm³/mol. The molecule has 1 aliphatic rings. The monoisotopic (exact) mass is 386 g/mol. The number of amidine groups is 1. The molecule has 1 aliphatic heterocycles. The Bertz CT molecular complexity index is 913. The molecule has 0 aliphatic carbocycles. The lowest BCUT2D eigenvalue weighted by atomic mass is 10.0. The highest BCUT2D eigenvalue weighted by molar-refractivity contribution is 5.92. The maximum atomic E-state index is 13.8. The Morgan fingerprint density at radius 2 is 1.89 bits per heavy atom. The number of hydrogen-bond acceptors (Lipinski definition) is 4. The number of amides is 1. The van der Waals surface area contributed by atoms with Crippen molar-refractivity contribution < 1.29 is 23.0 Å². The average molecular weight is 386 g/mol. The molecule has 1 amide bonds. The van der Waals surface area contributed by atoms with Gasteiger partial charge in [-0.05, 0) is 35.8 Å². The smallest absolute Gasteiger partial charge is 0.419 e. The van der Waals surface area contributed by atoms with Gasteiger partial charge in [-0.2, -0.15) is 0 Å². The second kappa shape index (κ2) is 8.65. The zero-order valence-electron chi connectivity index (χ0n) is 15.6. The van der Waals surface area contributed by atoms with Crippen molar-refractivity contribution in [2.45, 2.75) is 26.0 Å². The second-order valence-electron chi connectivity index (χ2n) is 6.14. The van der Waals surface area contributed by atoms with Gasteiger partial charge in [0.05, 0.1) is 13.2 Å². The van der Waals surface area contributed by atoms with E-state index in [2.05, 4.69) is 4.99 Å². The highest BCUT2D eigenvalue weighted by Crippen LogP contribution is 2.31. The normalized spacial score (nSPS) is 16.3. The van der Waals surface area contributed by atoms with Gasteiger partial charge in [-0.15, -0.1) is 0 Å². The minimum Gasteiger partial charge on any atom is -0.468 e. The molecule has 1 heterocycles. The molecule has 5 nitrogen and oxygen atoms in total. The Morgan fingerprint density at radius 1 is 1.14 bits per heavy atom. The van der Waals surface area contributed by atoms with E-state index in [0.717, 1.165) is 17.7 Å². The number of aliphatic imine (C=N–C) groups is 1. The molecule has 0 fully saturated rings. The number of carbonyl (C=O) groups excluding carboxylic acids is 1. The van der Waals surface area contributed by atoms with Gasteiger partial charge in [0.15, 0.2) is 11.6 Å². The summed E-state index contributed by atoms with van der Waals surface area (Å²) in [6.45, 7) is 1.95. The molecule has 0 saturated carbocycles. The third-order valence-corrected chi connectivity index (χ3v) is 4.31. The van der Waals surface area contributed by atoms with Crippen LogP contribution in [0.5, 0.6) is 0 Å². The van der Waals surface area contributed by atoms with Gasteiger partial charge in [0, 0.05) is 5.70 Å². The molecular formula is C21H20F2N2O3. The summed E-state index contributed by atoms with van der Waals surface area (Å²) >= 11 is 0. The van der Waals surface area contributed by atoms with Gasteiger partial charge in [-0.25, -0.2) is 23.5 Å². The lowest BCUT2D eigenvalue weighted by molar-refractivity contribution is 0.101. The van der Waals surface area contributed by atoms with Crippen LogP contribution in [0, 0.1) is 11.6 Å². The minimum atomic E-state index is -0.997. The van der Waals surface area contributed by atoms with E-state index in [0.29, 0.717) is 17.7 Å². The fraction of sp³-hybridized carbons (Fsp3) is 0.238. The first kappa shape index (κ1) is 19.5. The van der Waals surface area contributed by atoms with Crippen LogP contribution >= 0.6 is 0 Å². The minimum absolute atomic E-state index is 0.0344. The van der Waals surface area contributed by atoms with Gasteiger partial charge in [0.2, 0.25) is 0 Å². The van der Waals surface area contributed by atoms with E-state index >= 15 is 0 Å². The Hall–Kier alpha value is -3.22. The summed E-state index contributed by atoms with van der Waals surface area (Å²) in [5, 5.41) is 0. The van der Waals surface area contributed by atoms with Gasteiger partial charge < -0.3 is 9.47 Å². The highest BCUT2D eigenvalue weighted by Gasteiger charge is 2.34. The summed E-state index contributed by atoms with van der Waals surface area (Å²) in [6, 6.07) is 12.0. The van der Waals surface area contributed by atoms with E-state index in [1.54, 1.807) is 6.08 Å². The van der Waals surface area contributed by atoms with E-state index in [4.69, 9.17) is 9.47 Å². The van der Waals surface area contributed by atoms with Crippen LogP contribution in [-0.2, 0) is 16.1 Å². The largest absolute Gasteiger partial charge is 0.468 e. The number of allylic oxidation sites excluding steroid dienone is 1. The van der Waals surface area contributed by atoms with Crippen LogP contribution in [0.3, 0.4) is 0 Å². The molecule has 2 aromatic rings. The van der Waals surface area contributed by atoms with Crippen LogP contribution < -0.4 is 0 Å². The third kappa shape index (κ3) is 4.19. The second-order valence-corrected chi connectivity index (χ2v) is 6.14. The van der Waals surface area contributed by atoms with Crippen LogP contribution in [-0.4, -0.2) is 24.1 Å². The fourth-order valence-electron chi connectivity index (χ4n) is 2.85. The van der Waals surface area contributed by atoms with Crippen molar-refractivity contribution in [2.24, 2.45) is 4.99 Å². The average Bonchev–Trinajstić information content (AvgIpc) is 2.73. The van der Waals surface area contributed by atoms with Crippen molar-refractivity contribution in [1.29, 1.82) is 0 Å². The molecule has 1 unspecified atom stereocenters. The number of hydrogen-bond donors (Lipinski definition) is 0. The van der Waals surface area contributed by atoms with E-state index in [1.807, 2.05) is 37.3 Å². The fourth-order valence-corrected chi connectivity index (χ4v) is 2.85. The zero-order chi connectivity index (χ0) is 20.1. The third-order valence-electron chi connectivity index (χ3n) is 4.31. The summed E-state index contributed by atoms with van der Waals surface area (Å²) in [5.74, 6) is -1.96. The molecule has 0 aromatic heterocycles.